The third-order valence-electron chi connectivity index (χ3n) is 2.44. The maximum Gasteiger partial charge on any atom is 0.123 e. The molecule has 90 valence electrons. The second kappa shape index (κ2) is 5.25. The highest BCUT2D eigenvalue weighted by molar-refractivity contribution is 9.10. The molecule has 0 aliphatic carbocycles. The summed E-state index contributed by atoms with van der Waals surface area (Å²) in [6.45, 7) is 1.95. The van der Waals surface area contributed by atoms with E-state index < -0.39 is 0 Å². The lowest BCUT2D eigenvalue weighted by Crippen LogP contribution is -2.18. The molecule has 0 saturated carbocycles. The SMILES string of the molecule is CNC(c1nc(C)cs1)c1cc(F)ccc1Br. The largest absolute Gasteiger partial charge is 0.307 e. The molecule has 0 aliphatic heterocycles. The van der Waals surface area contributed by atoms with E-state index >= 15 is 0 Å². The van der Waals surface area contributed by atoms with Gasteiger partial charge < -0.3 is 5.32 Å². The van der Waals surface area contributed by atoms with Crippen LogP contribution in [0.5, 0.6) is 0 Å². The quantitative estimate of drug-likeness (QED) is 0.935. The Morgan fingerprint density at radius 1 is 1.47 bits per heavy atom. The molecule has 1 unspecified atom stereocenters. The van der Waals surface area contributed by atoms with Crippen molar-refractivity contribution in [1.82, 2.24) is 10.3 Å². The van der Waals surface area contributed by atoms with Crippen molar-refractivity contribution in [3.05, 3.63) is 50.1 Å². The molecule has 2 nitrogen and oxygen atoms in total. The zero-order chi connectivity index (χ0) is 12.4. The summed E-state index contributed by atoms with van der Waals surface area (Å²) in [6.07, 6.45) is 0. The number of nitrogens with one attached hydrogen (secondary N) is 1. The van der Waals surface area contributed by atoms with Gasteiger partial charge in [0.2, 0.25) is 0 Å². The number of benzene rings is 1. The number of hydrogen-bond acceptors (Lipinski definition) is 3. The second-order valence-electron chi connectivity index (χ2n) is 3.71. The number of nitrogens with zero attached hydrogens (tertiary/aromatic N) is 1. The number of hydrogen-bond donors (Lipinski definition) is 1. The fourth-order valence-corrected chi connectivity index (χ4v) is 3.05. The van der Waals surface area contributed by atoms with Crippen molar-refractivity contribution in [3.8, 4) is 0 Å². The first-order valence-electron chi connectivity index (χ1n) is 5.16. The summed E-state index contributed by atoms with van der Waals surface area (Å²) in [4.78, 5) is 4.44. The first kappa shape index (κ1) is 12.7. The minimum Gasteiger partial charge on any atom is -0.307 e. The van der Waals surface area contributed by atoms with E-state index in [1.807, 2.05) is 19.4 Å². The van der Waals surface area contributed by atoms with Crippen molar-refractivity contribution in [2.75, 3.05) is 7.05 Å². The van der Waals surface area contributed by atoms with Gasteiger partial charge in [0.25, 0.3) is 0 Å². The van der Waals surface area contributed by atoms with E-state index in [-0.39, 0.29) is 11.9 Å². The van der Waals surface area contributed by atoms with Crippen molar-refractivity contribution >= 4 is 27.3 Å². The van der Waals surface area contributed by atoms with Crippen molar-refractivity contribution < 1.29 is 4.39 Å². The van der Waals surface area contributed by atoms with Gasteiger partial charge in [-0.05, 0) is 37.7 Å². The third kappa shape index (κ3) is 2.73. The van der Waals surface area contributed by atoms with Crippen LogP contribution in [0.3, 0.4) is 0 Å². The van der Waals surface area contributed by atoms with E-state index in [0.717, 1.165) is 20.7 Å². The van der Waals surface area contributed by atoms with Crippen molar-refractivity contribution in [2.24, 2.45) is 0 Å². The molecule has 1 atom stereocenters. The minimum absolute atomic E-state index is 0.0845. The lowest BCUT2D eigenvalue weighted by atomic mass is 10.1. The Bertz CT molecular complexity index is 527. The Kier molecular flexibility index (Phi) is 3.91. The number of thiazole rings is 1. The molecule has 0 amide bonds. The second-order valence-corrected chi connectivity index (χ2v) is 5.46. The van der Waals surface area contributed by atoms with E-state index in [4.69, 9.17) is 0 Å². The molecule has 0 spiro atoms. The summed E-state index contributed by atoms with van der Waals surface area (Å²) >= 11 is 5.02. The number of rotatable bonds is 3. The molecule has 2 aromatic rings. The Balaban J connectivity index is 2.45. The van der Waals surface area contributed by atoms with Gasteiger partial charge in [-0.2, -0.15) is 0 Å². The highest BCUT2D eigenvalue weighted by Crippen LogP contribution is 2.30. The minimum atomic E-state index is -0.239. The fourth-order valence-electron chi connectivity index (χ4n) is 1.65. The van der Waals surface area contributed by atoms with Crippen LogP contribution in [0, 0.1) is 12.7 Å². The van der Waals surface area contributed by atoms with Crippen LogP contribution in [-0.4, -0.2) is 12.0 Å². The van der Waals surface area contributed by atoms with Crippen LogP contribution in [0.2, 0.25) is 0 Å². The summed E-state index contributed by atoms with van der Waals surface area (Å²) in [5.41, 5.74) is 1.85. The van der Waals surface area contributed by atoms with E-state index in [9.17, 15) is 4.39 Å². The maximum absolute atomic E-state index is 13.3. The van der Waals surface area contributed by atoms with Gasteiger partial charge in [-0.3, -0.25) is 0 Å². The van der Waals surface area contributed by atoms with Crippen LogP contribution >= 0.6 is 27.3 Å². The summed E-state index contributed by atoms with van der Waals surface area (Å²) in [7, 11) is 1.85. The molecular weight excluding hydrogens is 303 g/mol. The lowest BCUT2D eigenvalue weighted by Gasteiger charge is -2.15. The summed E-state index contributed by atoms with van der Waals surface area (Å²) < 4.78 is 14.2. The molecule has 0 radical (unpaired) electrons. The molecule has 0 saturated heterocycles. The average molecular weight is 315 g/mol. The Morgan fingerprint density at radius 2 is 2.24 bits per heavy atom. The normalized spacial score (nSPS) is 12.7. The number of aromatic nitrogens is 1. The van der Waals surface area contributed by atoms with Gasteiger partial charge in [0, 0.05) is 15.5 Å². The number of halogens is 2. The van der Waals surface area contributed by atoms with Crippen LogP contribution in [0.25, 0.3) is 0 Å². The zero-order valence-electron chi connectivity index (χ0n) is 9.50. The number of aryl methyl sites for hydroxylation is 1. The topological polar surface area (TPSA) is 24.9 Å². The van der Waals surface area contributed by atoms with Gasteiger partial charge in [-0.1, -0.05) is 15.9 Å². The van der Waals surface area contributed by atoms with Crippen LogP contribution in [0.1, 0.15) is 22.3 Å². The van der Waals surface area contributed by atoms with Gasteiger partial charge >= 0.3 is 0 Å². The Labute approximate surface area is 112 Å². The molecule has 2 rings (SSSR count). The van der Waals surface area contributed by atoms with E-state index in [2.05, 4.69) is 26.2 Å². The molecule has 0 aliphatic rings. The standard InChI is InChI=1S/C12H12BrFN2S/c1-7-6-17-12(16-7)11(15-2)9-5-8(14)3-4-10(9)13/h3-6,11,15H,1-2H3. The average Bonchev–Trinajstić information content (AvgIpc) is 2.71. The summed E-state index contributed by atoms with van der Waals surface area (Å²) in [5.74, 6) is -0.239. The molecule has 0 fully saturated rings. The Morgan fingerprint density at radius 3 is 2.82 bits per heavy atom. The van der Waals surface area contributed by atoms with Crippen molar-refractivity contribution in [3.63, 3.8) is 0 Å². The zero-order valence-corrected chi connectivity index (χ0v) is 11.9. The maximum atomic E-state index is 13.3. The fraction of sp³-hybridized carbons (Fsp3) is 0.250. The van der Waals surface area contributed by atoms with Gasteiger partial charge in [0.15, 0.2) is 0 Å². The molecule has 0 bridgehead atoms. The first-order valence-corrected chi connectivity index (χ1v) is 6.83. The highest BCUT2D eigenvalue weighted by atomic mass is 79.9. The van der Waals surface area contributed by atoms with Gasteiger partial charge in [0.1, 0.15) is 10.8 Å². The molecule has 1 aromatic heterocycles. The predicted octanol–water partition coefficient (Wildman–Crippen LogP) is 3.66. The summed E-state index contributed by atoms with van der Waals surface area (Å²) in [6, 6.07) is 4.60. The van der Waals surface area contributed by atoms with Crippen LogP contribution in [-0.2, 0) is 0 Å². The van der Waals surface area contributed by atoms with Crippen molar-refractivity contribution in [1.29, 1.82) is 0 Å². The molecule has 17 heavy (non-hydrogen) atoms. The molecule has 1 heterocycles. The lowest BCUT2D eigenvalue weighted by molar-refractivity contribution is 0.615. The van der Waals surface area contributed by atoms with Gasteiger partial charge in [0.05, 0.1) is 6.04 Å². The summed E-state index contributed by atoms with van der Waals surface area (Å²) in [5, 5.41) is 6.10. The van der Waals surface area contributed by atoms with E-state index in [1.54, 1.807) is 17.4 Å². The van der Waals surface area contributed by atoms with E-state index in [0.29, 0.717) is 0 Å². The highest BCUT2D eigenvalue weighted by Gasteiger charge is 2.18. The van der Waals surface area contributed by atoms with Crippen molar-refractivity contribution in [2.45, 2.75) is 13.0 Å². The molecule has 5 heteroatoms. The molecule has 1 N–H and O–H groups in total. The van der Waals surface area contributed by atoms with Crippen LogP contribution < -0.4 is 5.32 Å². The predicted molar refractivity (Wildman–Crippen MR) is 71.9 cm³/mol. The smallest absolute Gasteiger partial charge is 0.123 e. The van der Waals surface area contributed by atoms with Gasteiger partial charge in [-0.25, -0.2) is 9.37 Å². The first-order chi connectivity index (χ1) is 8.11. The third-order valence-corrected chi connectivity index (χ3v) is 4.19. The van der Waals surface area contributed by atoms with Crippen LogP contribution in [0.4, 0.5) is 4.39 Å². The Hall–Kier alpha value is -0.780. The van der Waals surface area contributed by atoms with Gasteiger partial charge in [-0.15, -0.1) is 11.3 Å². The molecular formula is C12H12BrFN2S. The molecule has 1 aromatic carbocycles. The van der Waals surface area contributed by atoms with Crippen LogP contribution in [0.15, 0.2) is 28.1 Å². The van der Waals surface area contributed by atoms with E-state index in [1.165, 1.54) is 12.1 Å². The monoisotopic (exact) mass is 314 g/mol.